The first-order chi connectivity index (χ1) is 10.00. The van der Waals surface area contributed by atoms with Gasteiger partial charge in [0.1, 0.15) is 5.82 Å². The van der Waals surface area contributed by atoms with Gasteiger partial charge in [0.25, 0.3) is 0 Å². The van der Waals surface area contributed by atoms with Crippen LogP contribution in [0.5, 0.6) is 0 Å². The number of H-pyrrole nitrogens is 1. The number of rotatable bonds is 3. The van der Waals surface area contributed by atoms with Crippen LogP contribution in [0.3, 0.4) is 0 Å². The van der Waals surface area contributed by atoms with Gasteiger partial charge in [-0.1, -0.05) is 0 Å². The van der Waals surface area contributed by atoms with Crippen molar-refractivity contribution >= 4 is 22.6 Å². The molecule has 2 aromatic heterocycles. The van der Waals surface area contributed by atoms with Gasteiger partial charge in [-0.15, -0.1) is 0 Å². The van der Waals surface area contributed by atoms with Crippen molar-refractivity contribution in [2.24, 2.45) is 5.92 Å². The lowest BCUT2D eigenvalue weighted by Gasteiger charge is -2.34. The van der Waals surface area contributed by atoms with Gasteiger partial charge in [0.15, 0.2) is 0 Å². The Hall–Kier alpha value is -1.98. The molecule has 2 aliphatic rings. The van der Waals surface area contributed by atoms with Gasteiger partial charge >= 0.3 is 0 Å². The van der Waals surface area contributed by atoms with E-state index in [-0.39, 0.29) is 30.6 Å². The van der Waals surface area contributed by atoms with Crippen LogP contribution in [-0.4, -0.2) is 21.8 Å². The Kier molecular flexibility index (Phi) is 2.58. The Balaban J connectivity index is 1.55. The van der Waals surface area contributed by atoms with Crippen LogP contribution in [0.25, 0.3) is 10.9 Å². The van der Waals surface area contributed by atoms with Gasteiger partial charge in [-0.3, -0.25) is 4.79 Å². The predicted octanol–water partition coefficient (Wildman–Crippen LogP) is 3.42. The summed E-state index contributed by atoms with van der Waals surface area (Å²) in [6.07, 6.45) is 3.35. The highest BCUT2D eigenvalue weighted by atomic mass is 19.3. The Morgan fingerprint density at radius 1 is 1.33 bits per heavy atom. The zero-order valence-electron chi connectivity index (χ0n) is 11.3. The number of carbonyl (C=O) groups is 1. The van der Waals surface area contributed by atoms with Crippen LogP contribution in [0.1, 0.15) is 37.3 Å². The zero-order chi connectivity index (χ0) is 14.6. The molecule has 2 saturated carbocycles. The third-order valence-electron chi connectivity index (χ3n) is 4.25. The smallest absolute Gasteiger partial charge is 0.249 e. The Bertz CT molecular complexity index is 713. The molecule has 4 rings (SSSR count). The molecule has 0 aromatic carbocycles. The number of anilines is 1. The number of nitrogens with zero attached hydrogens (tertiary/aromatic N) is 1. The zero-order valence-corrected chi connectivity index (χ0v) is 11.3. The average molecular weight is 291 g/mol. The number of amides is 1. The van der Waals surface area contributed by atoms with E-state index in [2.05, 4.69) is 15.3 Å². The SMILES string of the molecule is O=C(Nc1cc2[nH]c(C3CC(F)(F)C3)cc2cn1)C1CC1. The molecule has 0 saturated heterocycles. The fourth-order valence-electron chi connectivity index (χ4n) is 2.79. The third kappa shape index (κ3) is 2.39. The van der Waals surface area contributed by atoms with Gasteiger partial charge in [-0.25, -0.2) is 13.8 Å². The van der Waals surface area contributed by atoms with E-state index in [4.69, 9.17) is 0 Å². The molecule has 0 bridgehead atoms. The number of alkyl halides is 2. The summed E-state index contributed by atoms with van der Waals surface area (Å²) in [6.45, 7) is 0. The predicted molar refractivity (Wildman–Crippen MR) is 74.4 cm³/mol. The second-order valence-electron chi connectivity index (χ2n) is 6.11. The normalized spacial score (nSPS) is 21.2. The summed E-state index contributed by atoms with van der Waals surface area (Å²) < 4.78 is 25.9. The number of pyridine rings is 1. The summed E-state index contributed by atoms with van der Waals surface area (Å²) in [5.41, 5.74) is 1.64. The number of aromatic amines is 1. The van der Waals surface area contributed by atoms with Gasteiger partial charge in [0, 0.05) is 48.0 Å². The number of carbonyl (C=O) groups excluding carboxylic acids is 1. The van der Waals surface area contributed by atoms with Gasteiger partial charge in [0.2, 0.25) is 11.8 Å². The number of halogens is 2. The van der Waals surface area contributed by atoms with Crippen LogP contribution in [0.15, 0.2) is 18.3 Å². The van der Waals surface area contributed by atoms with Crippen molar-refractivity contribution in [1.29, 1.82) is 0 Å². The molecule has 0 radical (unpaired) electrons. The second-order valence-corrected chi connectivity index (χ2v) is 6.11. The van der Waals surface area contributed by atoms with E-state index in [0.717, 1.165) is 29.4 Å². The topological polar surface area (TPSA) is 57.8 Å². The Labute approximate surface area is 119 Å². The summed E-state index contributed by atoms with van der Waals surface area (Å²) >= 11 is 0. The number of hydrogen-bond donors (Lipinski definition) is 2. The van der Waals surface area contributed by atoms with Crippen LogP contribution in [0.2, 0.25) is 0 Å². The van der Waals surface area contributed by atoms with Crippen molar-refractivity contribution in [2.75, 3.05) is 5.32 Å². The molecule has 0 aliphatic heterocycles. The number of nitrogens with one attached hydrogen (secondary N) is 2. The molecular formula is C15H15F2N3O. The molecule has 2 fully saturated rings. The molecule has 6 heteroatoms. The maximum absolute atomic E-state index is 12.9. The summed E-state index contributed by atoms with van der Waals surface area (Å²) in [5.74, 6) is -2.00. The minimum atomic E-state index is -2.52. The summed E-state index contributed by atoms with van der Waals surface area (Å²) in [5, 5.41) is 3.66. The summed E-state index contributed by atoms with van der Waals surface area (Å²) in [6, 6.07) is 3.63. The van der Waals surface area contributed by atoms with Crippen molar-refractivity contribution in [2.45, 2.75) is 37.5 Å². The standard InChI is InChI=1S/C15H15F2N3O/c16-15(17)5-10(6-15)11-3-9-7-18-13(4-12(9)19-11)20-14(21)8-1-2-8/h3-4,7-8,10,19H,1-2,5-6H2,(H,18,20,21). The van der Waals surface area contributed by atoms with Gasteiger partial charge in [-0.2, -0.15) is 0 Å². The monoisotopic (exact) mass is 291 g/mol. The van der Waals surface area contributed by atoms with Crippen molar-refractivity contribution in [3.8, 4) is 0 Å². The van der Waals surface area contributed by atoms with E-state index in [0.29, 0.717) is 5.82 Å². The Morgan fingerprint density at radius 3 is 2.76 bits per heavy atom. The molecule has 0 spiro atoms. The van der Waals surface area contributed by atoms with Crippen molar-refractivity contribution < 1.29 is 13.6 Å². The van der Waals surface area contributed by atoms with E-state index in [9.17, 15) is 13.6 Å². The fourth-order valence-corrected chi connectivity index (χ4v) is 2.79. The van der Waals surface area contributed by atoms with Gasteiger partial charge in [0.05, 0.1) is 5.52 Å². The molecule has 4 nitrogen and oxygen atoms in total. The van der Waals surface area contributed by atoms with E-state index in [1.807, 2.05) is 6.07 Å². The highest BCUT2D eigenvalue weighted by Crippen LogP contribution is 2.48. The van der Waals surface area contributed by atoms with E-state index >= 15 is 0 Å². The van der Waals surface area contributed by atoms with Crippen molar-refractivity contribution in [3.63, 3.8) is 0 Å². The van der Waals surface area contributed by atoms with Crippen LogP contribution in [-0.2, 0) is 4.79 Å². The number of aromatic nitrogens is 2. The molecule has 0 unspecified atom stereocenters. The quantitative estimate of drug-likeness (QED) is 0.910. The maximum Gasteiger partial charge on any atom is 0.249 e. The van der Waals surface area contributed by atoms with Crippen LogP contribution < -0.4 is 5.32 Å². The van der Waals surface area contributed by atoms with E-state index in [1.54, 1.807) is 12.3 Å². The highest BCUT2D eigenvalue weighted by Gasteiger charge is 2.46. The van der Waals surface area contributed by atoms with E-state index in [1.165, 1.54) is 0 Å². The third-order valence-corrected chi connectivity index (χ3v) is 4.25. The van der Waals surface area contributed by atoms with Crippen molar-refractivity contribution in [1.82, 2.24) is 9.97 Å². The molecule has 2 heterocycles. The molecule has 2 aliphatic carbocycles. The maximum atomic E-state index is 12.9. The lowest BCUT2D eigenvalue weighted by molar-refractivity contribution is -0.117. The first-order valence-electron chi connectivity index (χ1n) is 7.17. The van der Waals surface area contributed by atoms with Gasteiger partial charge < -0.3 is 10.3 Å². The summed E-state index contributed by atoms with van der Waals surface area (Å²) in [4.78, 5) is 19.1. The van der Waals surface area contributed by atoms with Crippen molar-refractivity contribution in [3.05, 3.63) is 24.0 Å². The first-order valence-corrected chi connectivity index (χ1v) is 7.17. The molecule has 2 N–H and O–H groups in total. The molecule has 2 aromatic rings. The molecule has 0 atom stereocenters. The Morgan fingerprint density at radius 2 is 2.10 bits per heavy atom. The van der Waals surface area contributed by atoms with E-state index < -0.39 is 5.92 Å². The lowest BCUT2D eigenvalue weighted by atomic mass is 9.79. The van der Waals surface area contributed by atoms with Crippen LogP contribution in [0, 0.1) is 5.92 Å². The molecule has 110 valence electrons. The highest BCUT2D eigenvalue weighted by molar-refractivity contribution is 5.94. The first kappa shape index (κ1) is 12.7. The average Bonchev–Trinajstić information content (AvgIpc) is 3.16. The van der Waals surface area contributed by atoms with Crippen LogP contribution >= 0.6 is 0 Å². The molecule has 1 amide bonds. The van der Waals surface area contributed by atoms with Gasteiger partial charge in [-0.05, 0) is 18.9 Å². The summed E-state index contributed by atoms with van der Waals surface area (Å²) in [7, 11) is 0. The largest absolute Gasteiger partial charge is 0.358 e. The fraction of sp³-hybridized carbons (Fsp3) is 0.467. The number of hydrogen-bond acceptors (Lipinski definition) is 2. The number of fused-ring (bicyclic) bond motifs is 1. The molecule has 21 heavy (non-hydrogen) atoms. The second kappa shape index (κ2) is 4.26. The molecular weight excluding hydrogens is 276 g/mol. The minimum Gasteiger partial charge on any atom is -0.358 e. The van der Waals surface area contributed by atoms with Crippen LogP contribution in [0.4, 0.5) is 14.6 Å². The minimum absolute atomic E-state index is 0.00673. The lowest BCUT2D eigenvalue weighted by Crippen LogP contribution is -2.33.